The van der Waals surface area contributed by atoms with E-state index in [0.29, 0.717) is 34.5 Å². The van der Waals surface area contributed by atoms with Gasteiger partial charge in [-0.3, -0.25) is 0 Å². The minimum atomic E-state index is 0.464. The quantitative estimate of drug-likeness (QED) is 0.143. The van der Waals surface area contributed by atoms with Crippen molar-refractivity contribution in [1.82, 2.24) is 24.1 Å². The third kappa shape index (κ3) is 7.33. The molecule has 0 saturated carbocycles. The van der Waals surface area contributed by atoms with Crippen LogP contribution in [0.2, 0.25) is 0 Å². The number of benzene rings is 10. The summed E-state index contributed by atoms with van der Waals surface area (Å²) in [6, 6.07) is 77.8. The largest absolute Gasteiger partial charge is 0.308 e. The molecule has 0 aliphatic heterocycles. The first-order valence-electron chi connectivity index (χ1n) is 24.1. The lowest BCUT2D eigenvalue weighted by Crippen LogP contribution is -2.06. The van der Waals surface area contributed by atoms with Crippen molar-refractivity contribution in [1.29, 1.82) is 0 Å². The summed E-state index contributed by atoms with van der Waals surface area (Å²) in [7, 11) is 0. The summed E-state index contributed by atoms with van der Waals surface area (Å²) in [5.74, 6) is 1.40. The van der Waals surface area contributed by atoms with Crippen LogP contribution in [0.4, 0.5) is 17.1 Å². The predicted molar refractivity (Wildman–Crippen MR) is 300 cm³/mol. The average Bonchev–Trinajstić information content (AvgIpc) is 4.00. The van der Waals surface area contributed by atoms with Crippen LogP contribution in [0.15, 0.2) is 231 Å². The van der Waals surface area contributed by atoms with Gasteiger partial charge in [-0.05, 0) is 88.0 Å². The van der Waals surface area contributed by atoms with Crippen molar-refractivity contribution in [3.63, 3.8) is 0 Å². The molecular formula is C66H38N8. The Morgan fingerprint density at radius 3 is 1.12 bits per heavy atom. The van der Waals surface area contributed by atoms with Gasteiger partial charge < -0.3 is 9.13 Å². The summed E-state index contributed by atoms with van der Waals surface area (Å²) >= 11 is 0. The third-order valence-corrected chi connectivity index (χ3v) is 13.9. The molecule has 0 aliphatic rings. The molecule has 0 saturated heterocycles. The van der Waals surface area contributed by atoms with Crippen LogP contribution in [0.5, 0.6) is 0 Å². The molecule has 8 nitrogen and oxygen atoms in total. The minimum absolute atomic E-state index is 0.464. The summed E-state index contributed by atoms with van der Waals surface area (Å²) in [5, 5.41) is 4.48. The molecule has 0 fully saturated rings. The zero-order valence-electron chi connectivity index (χ0n) is 39.5. The summed E-state index contributed by atoms with van der Waals surface area (Å²) in [6.07, 6.45) is 0. The van der Waals surface area contributed by atoms with Gasteiger partial charge in [-0.15, -0.1) is 0 Å². The molecule has 0 N–H and O–H groups in total. The monoisotopic (exact) mass is 942 g/mol. The topological polar surface area (TPSA) is 61.6 Å². The molecule has 0 spiro atoms. The lowest BCUT2D eigenvalue weighted by Gasteiger charge is -2.18. The fourth-order valence-corrected chi connectivity index (χ4v) is 10.4. The van der Waals surface area contributed by atoms with Crippen molar-refractivity contribution in [3.8, 4) is 78.9 Å². The van der Waals surface area contributed by atoms with E-state index in [-0.39, 0.29) is 0 Å². The molecule has 342 valence electrons. The third-order valence-electron chi connectivity index (χ3n) is 13.9. The van der Waals surface area contributed by atoms with Gasteiger partial charge in [-0.2, -0.15) is 0 Å². The van der Waals surface area contributed by atoms with E-state index in [1.165, 1.54) is 0 Å². The zero-order valence-corrected chi connectivity index (χ0v) is 39.5. The molecule has 13 aromatic rings. The average molecular weight is 943 g/mol. The zero-order chi connectivity index (χ0) is 49.7. The van der Waals surface area contributed by atoms with Gasteiger partial charge in [-0.25, -0.2) is 29.5 Å². The Morgan fingerprint density at radius 1 is 0.284 bits per heavy atom. The van der Waals surface area contributed by atoms with Gasteiger partial charge in [0.2, 0.25) is 0 Å². The van der Waals surface area contributed by atoms with E-state index in [9.17, 15) is 0 Å². The van der Waals surface area contributed by atoms with E-state index in [1.807, 2.05) is 91.0 Å². The van der Waals surface area contributed by atoms with Gasteiger partial charge in [0.05, 0.1) is 53.2 Å². The van der Waals surface area contributed by atoms with Gasteiger partial charge >= 0.3 is 0 Å². The first kappa shape index (κ1) is 43.3. The highest BCUT2D eigenvalue weighted by molar-refractivity contribution is 6.11. The van der Waals surface area contributed by atoms with Crippen molar-refractivity contribution < 1.29 is 0 Å². The van der Waals surface area contributed by atoms with Gasteiger partial charge in [0, 0.05) is 38.2 Å². The lowest BCUT2D eigenvalue weighted by molar-refractivity contribution is 1.06. The molecule has 8 heteroatoms. The first-order chi connectivity index (χ1) is 36.5. The van der Waals surface area contributed by atoms with Crippen LogP contribution in [0, 0.1) is 19.7 Å². The number of para-hydroxylation sites is 5. The van der Waals surface area contributed by atoms with Crippen LogP contribution < -0.4 is 0 Å². The molecule has 0 amide bonds. The second-order valence-electron chi connectivity index (χ2n) is 18.0. The summed E-state index contributed by atoms with van der Waals surface area (Å²) in [6.45, 7) is 23.3. The molecule has 0 aliphatic carbocycles. The van der Waals surface area contributed by atoms with Gasteiger partial charge in [0.25, 0.3) is 0 Å². The van der Waals surface area contributed by atoms with E-state index in [1.54, 1.807) is 0 Å². The number of hydrogen-bond acceptors (Lipinski definition) is 3. The highest BCUT2D eigenvalue weighted by Gasteiger charge is 2.24. The number of rotatable bonds is 8. The van der Waals surface area contributed by atoms with Crippen molar-refractivity contribution in [2.24, 2.45) is 0 Å². The Labute approximate surface area is 426 Å². The second kappa shape index (κ2) is 17.9. The standard InChI is InChI=1S/C66H38N8/c1-67-48-33-27-42(28-34-48)44-31-37-55(62(40-44)73-58-23-10-5-18-51(58)52-19-6-11-24-59(52)73)65-70-64(47-16-14-15-46(39-47)50-17-4-9-22-57(50)69-3)71-66(72-65)56-38-32-45(43-29-35-49(68-2)36-30-43)41-63(56)74-60-25-12-7-20-53(60)54-21-8-13-26-61(54)74/h4-41H. The molecule has 74 heavy (non-hydrogen) atoms. The number of aromatic nitrogens is 5. The van der Waals surface area contributed by atoms with E-state index in [0.717, 1.165) is 105 Å². The molecule has 10 aromatic carbocycles. The van der Waals surface area contributed by atoms with Crippen LogP contribution >= 0.6 is 0 Å². The van der Waals surface area contributed by atoms with Crippen LogP contribution in [-0.2, 0) is 0 Å². The SMILES string of the molecule is [C-]#[N+]c1ccc(-c2ccc(-c3nc(-c4cccc(-c5ccccc5[N+]#[C-])c4)nc(-c4ccc(-c5ccc([N+]#[C-])cc5)cc4-n4c5ccccc5c5ccccc54)n3)c(-n3c4ccccc4c4ccccc43)c2)cc1. The Hall–Kier alpha value is -10.7. The summed E-state index contributed by atoms with van der Waals surface area (Å²) in [5.41, 5.74) is 15.5. The number of hydrogen-bond donors (Lipinski definition) is 0. The molecule has 0 radical (unpaired) electrons. The highest BCUT2D eigenvalue weighted by Crippen LogP contribution is 2.42. The van der Waals surface area contributed by atoms with Crippen LogP contribution in [0.25, 0.3) is 137 Å². The normalized spacial score (nSPS) is 11.2. The van der Waals surface area contributed by atoms with E-state index >= 15 is 0 Å². The molecule has 0 unspecified atom stereocenters. The van der Waals surface area contributed by atoms with Crippen molar-refractivity contribution in [2.45, 2.75) is 0 Å². The number of nitrogens with zero attached hydrogens (tertiary/aromatic N) is 8. The van der Waals surface area contributed by atoms with Gasteiger partial charge in [-0.1, -0.05) is 176 Å². The first-order valence-corrected chi connectivity index (χ1v) is 24.1. The Bertz CT molecular complexity index is 4180. The van der Waals surface area contributed by atoms with E-state index < -0.39 is 0 Å². The highest BCUT2D eigenvalue weighted by atomic mass is 15.1. The maximum Gasteiger partial charge on any atom is 0.194 e. The van der Waals surface area contributed by atoms with Crippen molar-refractivity contribution in [2.75, 3.05) is 0 Å². The van der Waals surface area contributed by atoms with Crippen LogP contribution in [0.1, 0.15) is 0 Å². The van der Waals surface area contributed by atoms with E-state index in [4.69, 9.17) is 34.7 Å². The molecule has 0 bridgehead atoms. The van der Waals surface area contributed by atoms with Gasteiger partial charge in [0.15, 0.2) is 34.5 Å². The molecular weight excluding hydrogens is 905 g/mol. The maximum absolute atomic E-state index is 8.00. The summed E-state index contributed by atoms with van der Waals surface area (Å²) < 4.78 is 4.61. The van der Waals surface area contributed by atoms with Crippen LogP contribution in [0.3, 0.4) is 0 Å². The van der Waals surface area contributed by atoms with Gasteiger partial charge in [0.1, 0.15) is 0 Å². The fraction of sp³-hybridized carbons (Fsp3) is 0. The van der Waals surface area contributed by atoms with Crippen LogP contribution in [-0.4, -0.2) is 24.1 Å². The molecule has 3 heterocycles. The lowest BCUT2D eigenvalue weighted by atomic mass is 9.99. The smallest absolute Gasteiger partial charge is 0.194 e. The predicted octanol–water partition coefficient (Wildman–Crippen LogP) is 17.7. The fourth-order valence-electron chi connectivity index (χ4n) is 10.4. The van der Waals surface area contributed by atoms with E-state index in [2.05, 4.69) is 163 Å². The minimum Gasteiger partial charge on any atom is -0.308 e. The van der Waals surface area contributed by atoms with Crippen molar-refractivity contribution >= 4 is 60.7 Å². The maximum atomic E-state index is 8.00. The second-order valence-corrected chi connectivity index (χ2v) is 18.0. The molecule has 13 rings (SSSR count). The Morgan fingerprint density at radius 2 is 0.676 bits per heavy atom. The Balaban J connectivity index is 1.12. The molecule has 0 atom stereocenters. The summed E-state index contributed by atoms with van der Waals surface area (Å²) in [4.78, 5) is 27.6. The number of fused-ring (bicyclic) bond motifs is 6. The van der Waals surface area contributed by atoms with Crippen molar-refractivity contribution in [3.05, 3.63) is 265 Å². The molecule has 3 aromatic heterocycles. The Kier molecular flexibility index (Phi) is 10.5.